The van der Waals surface area contributed by atoms with Crippen LogP contribution in [-0.4, -0.2) is 44.0 Å². The maximum absolute atomic E-state index is 14.0. The Hall–Kier alpha value is -2.01. The number of nitrogens with zero attached hydrogens (tertiary/aromatic N) is 1. The Bertz CT molecular complexity index is 1010. The van der Waals surface area contributed by atoms with Crippen molar-refractivity contribution in [3.05, 3.63) is 59.4 Å². The summed E-state index contributed by atoms with van der Waals surface area (Å²) in [4.78, 5) is 12.2. The summed E-state index contributed by atoms with van der Waals surface area (Å²) in [6, 6.07) is 6.68. The summed E-state index contributed by atoms with van der Waals surface area (Å²) in [6.45, 7) is 0.698. The maximum atomic E-state index is 14.0. The van der Waals surface area contributed by atoms with Crippen LogP contribution in [-0.2, 0) is 10.0 Å². The number of hydrogen-bond acceptors (Lipinski definition) is 4. The quantitative estimate of drug-likeness (QED) is 0.650. The topological polar surface area (TPSA) is 78.5 Å². The number of amides is 1. The number of piperidine rings is 1. The number of carbonyl (C=O) groups excluding carboxylic acids is 1. The Labute approximate surface area is 191 Å². The van der Waals surface area contributed by atoms with E-state index >= 15 is 0 Å². The van der Waals surface area contributed by atoms with Crippen LogP contribution in [0.4, 0.5) is 24.5 Å². The Morgan fingerprint density at radius 2 is 1.55 bits per heavy atom. The highest BCUT2D eigenvalue weighted by Crippen LogP contribution is 2.23. The molecule has 1 amide bonds. The molecule has 6 nitrogen and oxygen atoms in total. The van der Waals surface area contributed by atoms with Crippen LogP contribution in [0.2, 0.25) is 0 Å². The van der Waals surface area contributed by atoms with Crippen molar-refractivity contribution in [2.24, 2.45) is 0 Å². The molecule has 3 rings (SSSR count). The molecule has 0 unspecified atom stereocenters. The van der Waals surface area contributed by atoms with Crippen LogP contribution in [0, 0.1) is 17.5 Å². The van der Waals surface area contributed by atoms with Crippen molar-refractivity contribution in [1.82, 2.24) is 4.31 Å². The van der Waals surface area contributed by atoms with Crippen molar-refractivity contribution < 1.29 is 26.4 Å². The number of benzene rings is 2. The number of anilines is 2. The minimum Gasteiger partial charge on any atom is -0.382 e. The lowest BCUT2D eigenvalue weighted by Crippen LogP contribution is -2.41. The third-order valence-corrected chi connectivity index (χ3v) is 5.94. The standard InChI is InChI=1S/C19H20F3N3O3S.2ClH/c1-29(27,28)25-7-5-13(6-8-25)23-14-9-12(20)10-15(11-14)24-19(26)18-16(21)3-2-4-17(18)22;;/h2-4,9-11,13,23H,5-8H2,1H3,(H,24,26);2*1H. The van der Waals surface area contributed by atoms with E-state index in [0.717, 1.165) is 30.5 Å². The van der Waals surface area contributed by atoms with Gasteiger partial charge in [-0.3, -0.25) is 4.79 Å². The fraction of sp³-hybridized carbons (Fsp3) is 0.316. The number of halogens is 5. The van der Waals surface area contributed by atoms with Crippen LogP contribution in [0.25, 0.3) is 0 Å². The highest BCUT2D eigenvalue weighted by Gasteiger charge is 2.25. The Morgan fingerprint density at radius 3 is 2.10 bits per heavy atom. The van der Waals surface area contributed by atoms with Gasteiger partial charge in [0.25, 0.3) is 5.91 Å². The Balaban J connectivity index is 0.00000240. The van der Waals surface area contributed by atoms with Gasteiger partial charge in [-0.1, -0.05) is 6.07 Å². The molecular formula is C19H22Cl2F3N3O3S. The van der Waals surface area contributed by atoms with E-state index in [9.17, 15) is 26.4 Å². The molecule has 1 fully saturated rings. The van der Waals surface area contributed by atoms with Gasteiger partial charge >= 0.3 is 0 Å². The molecule has 172 valence electrons. The highest BCUT2D eigenvalue weighted by atomic mass is 35.5. The van der Waals surface area contributed by atoms with E-state index in [2.05, 4.69) is 10.6 Å². The smallest absolute Gasteiger partial charge is 0.261 e. The number of sulfonamides is 1. The van der Waals surface area contributed by atoms with Crippen molar-refractivity contribution in [3.63, 3.8) is 0 Å². The molecule has 1 aliphatic rings. The Morgan fingerprint density at radius 1 is 1.00 bits per heavy atom. The van der Waals surface area contributed by atoms with E-state index in [1.54, 1.807) is 0 Å². The van der Waals surface area contributed by atoms with E-state index in [0.29, 0.717) is 31.6 Å². The normalized spacial score (nSPS) is 14.8. The first-order chi connectivity index (χ1) is 13.6. The molecule has 1 saturated heterocycles. The molecule has 0 aliphatic carbocycles. The van der Waals surface area contributed by atoms with Gasteiger partial charge in [-0.25, -0.2) is 25.9 Å². The van der Waals surface area contributed by atoms with Gasteiger partial charge in [0.1, 0.15) is 23.0 Å². The predicted molar refractivity (Wildman–Crippen MR) is 118 cm³/mol. The first-order valence-corrected chi connectivity index (χ1v) is 10.8. The summed E-state index contributed by atoms with van der Waals surface area (Å²) in [5.41, 5.74) is -0.347. The zero-order valence-electron chi connectivity index (χ0n) is 16.4. The summed E-state index contributed by atoms with van der Waals surface area (Å²) in [6.07, 6.45) is 2.22. The van der Waals surface area contributed by atoms with E-state index in [4.69, 9.17) is 0 Å². The lowest BCUT2D eigenvalue weighted by Gasteiger charge is -2.31. The van der Waals surface area contributed by atoms with Crippen molar-refractivity contribution in [2.75, 3.05) is 30.0 Å². The van der Waals surface area contributed by atoms with Gasteiger partial charge in [0, 0.05) is 30.5 Å². The summed E-state index contributed by atoms with van der Waals surface area (Å²) < 4.78 is 66.0. The van der Waals surface area contributed by atoms with E-state index in [1.807, 2.05) is 0 Å². The number of rotatable bonds is 5. The molecule has 0 bridgehead atoms. The summed E-state index contributed by atoms with van der Waals surface area (Å²) >= 11 is 0. The lowest BCUT2D eigenvalue weighted by atomic mass is 10.1. The summed E-state index contributed by atoms with van der Waals surface area (Å²) in [7, 11) is -3.25. The van der Waals surface area contributed by atoms with Gasteiger partial charge in [0.15, 0.2) is 0 Å². The zero-order valence-corrected chi connectivity index (χ0v) is 18.8. The number of nitrogens with one attached hydrogen (secondary N) is 2. The fourth-order valence-corrected chi connectivity index (χ4v) is 4.10. The maximum Gasteiger partial charge on any atom is 0.261 e. The molecule has 0 radical (unpaired) electrons. The molecule has 0 atom stereocenters. The zero-order chi connectivity index (χ0) is 21.2. The fourth-order valence-electron chi connectivity index (χ4n) is 3.22. The van der Waals surface area contributed by atoms with Crippen LogP contribution in [0.3, 0.4) is 0 Å². The molecule has 12 heteroatoms. The van der Waals surface area contributed by atoms with Gasteiger partial charge in [-0.2, -0.15) is 0 Å². The van der Waals surface area contributed by atoms with Crippen molar-refractivity contribution in [3.8, 4) is 0 Å². The van der Waals surface area contributed by atoms with Gasteiger partial charge in [-0.05, 0) is 43.2 Å². The minimum absolute atomic E-state index is 0. The molecule has 0 aromatic heterocycles. The molecule has 2 aromatic carbocycles. The molecular weight excluding hydrogens is 478 g/mol. The number of hydrogen-bond donors (Lipinski definition) is 2. The molecule has 0 spiro atoms. The SMILES string of the molecule is CS(=O)(=O)N1CCC(Nc2cc(F)cc(NC(=O)c3c(F)cccc3F)c2)CC1.Cl.Cl. The minimum atomic E-state index is -3.25. The van der Waals surface area contributed by atoms with Crippen LogP contribution < -0.4 is 10.6 Å². The van der Waals surface area contributed by atoms with Crippen molar-refractivity contribution >= 4 is 52.1 Å². The molecule has 2 aromatic rings. The summed E-state index contributed by atoms with van der Waals surface area (Å²) in [5.74, 6) is -3.71. The molecule has 2 N–H and O–H groups in total. The molecule has 1 aliphatic heterocycles. The molecule has 31 heavy (non-hydrogen) atoms. The second kappa shape index (κ2) is 11.0. The Kier molecular flexibility index (Phi) is 9.62. The van der Waals surface area contributed by atoms with E-state index in [-0.39, 0.29) is 36.5 Å². The van der Waals surface area contributed by atoms with E-state index in [1.165, 1.54) is 16.4 Å². The van der Waals surface area contributed by atoms with Crippen molar-refractivity contribution in [1.29, 1.82) is 0 Å². The van der Waals surface area contributed by atoms with Gasteiger partial charge in [0.2, 0.25) is 10.0 Å². The monoisotopic (exact) mass is 499 g/mol. The predicted octanol–water partition coefficient (Wildman–Crippen LogP) is 4.04. The second-order valence-corrected chi connectivity index (χ2v) is 8.84. The third-order valence-electron chi connectivity index (χ3n) is 4.64. The van der Waals surface area contributed by atoms with Crippen LogP contribution in [0.15, 0.2) is 36.4 Å². The van der Waals surface area contributed by atoms with Crippen LogP contribution in [0.1, 0.15) is 23.2 Å². The number of carbonyl (C=O) groups is 1. The van der Waals surface area contributed by atoms with Crippen molar-refractivity contribution in [2.45, 2.75) is 18.9 Å². The largest absolute Gasteiger partial charge is 0.382 e. The lowest BCUT2D eigenvalue weighted by molar-refractivity contribution is 0.101. The van der Waals surface area contributed by atoms with Gasteiger partial charge < -0.3 is 10.6 Å². The van der Waals surface area contributed by atoms with Crippen LogP contribution in [0.5, 0.6) is 0 Å². The second-order valence-electron chi connectivity index (χ2n) is 6.86. The van der Waals surface area contributed by atoms with E-state index < -0.39 is 38.9 Å². The highest BCUT2D eigenvalue weighted by molar-refractivity contribution is 7.88. The van der Waals surface area contributed by atoms with Gasteiger partial charge in [0.05, 0.1) is 6.26 Å². The average molecular weight is 500 g/mol. The third kappa shape index (κ3) is 6.99. The average Bonchev–Trinajstić information content (AvgIpc) is 2.60. The summed E-state index contributed by atoms with van der Waals surface area (Å²) in [5, 5.41) is 5.41. The first kappa shape index (κ1) is 27.0. The van der Waals surface area contributed by atoms with Gasteiger partial charge in [-0.15, -0.1) is 24.8 Å². The van der Waals surface area contributed by atoms with Crippen LogP contribution >= 0.6 is 24.8 Å². The first-order valence-electron chi connectivity index (χ1n) is 8.91. The molecule has 0 saturated carbocycles. The molecule has 1 heterocycles.